The summed E-state index contributed by atoms with van der Waals surface area (Å²) in [7, 11) is 0. The number of hydrogen-bond acceptors (Lipinski definition) is 3. The lowest BCUT2D eigenvalue weighted by Gasteiger charge is -2.05. The van der Waals surface area contributed by atoms with E-state index < -0.39 is 0 Å². The molecule has 0 aromatic heterocycles. The Hall–Kier alpha value is -2.29. The van der Waals surface area contributed by atoms with Gasteiger partial charge in [-0.25, -0.2) is 4.79 Å². The summed E-state index contributed by atoms with van der Waals surface area (Å²) in [5.74, 6) is -0.319. The van der Waals surface area contributed by atoms with Gasteiger partial charge >= 0.3 is 5.97 Å². The molecular formula is C16H17NO2. The second kappa shape index (κ2) is 6.59. The standard InChI is InChI=1S/C16H17NO2/c17-15-10-4-9-14(12-15)16(18)19-11-5-8-13-6-2-1-3-7-13/h1-4,6-7,9-10,12H,5,8,11,17H2. The molecule has 0 spiro atoms. The molecule has 0 heterocycles. The molecule has 0 saturated heterocycles. The van der Waals surface area contributed by atoms with Gasteiger partial charge in [0.15, 0.2) is 0 Å². The van der Waals surface area contributed by atoms with Gasteiger partial charge in [0, 0.05) is 5.69 Å². The Morgan fingerprint density at radius 1 is 1.05 bits per heavy atom. The number of anilines is 1. The van der Waals surface area contributed by atoms with E-state index in [0.717, 1.165) is 12.8 Å². The molecule has 0 fully saturated rings. The molecule has 3 heteroatoms. The number of nitrogens with two attached hydrogens (primary N) is 1. The van der Waals surface area contributed by atoms with Gasteiger partial charge in [0.05, 0.1) is 12.2 Å². The molecule has 0 atom stereocenters. The number of nitrogen functional groups attached to an aromatic ring is 1. The Balaban J connectivity index is 1.75. The van der Waals surface area contributed by atoms with Crippen LogP contribution in [0.2, 0.25) is 0 Å². The van der Waals surface area contributed by atoms with Gasteiger partial charge in [-0.3, -0.25) is 0 Å². The second-order valence-corrected chi connectivity index (χ2v) is 4.35. The van der Waals surface area contributed by atoms with Gasteiger partial charge in [-0.1, -0.05) is 36.4 Å². The molecule has 0 aliphatic carbocycles. The van der Waals surface area contributed by atoms with Gasteiger partial charge < -0.3 is 10.5 Å². The van der Waals surface area contributed by atoms with Crippen LogP contribution < -0.4 is 5.73 Å². The first kappa shape index (κ1) is 13.1. The largest absolute Gasteiger partial charge is 0.462 e. The van der Waals surface area contributed by atoms with Gasteiger partial charge in [-0.2, -0.15) is 0 Å². The van der Waals surface area contributed by atoms with Crippen LogP contribution in [0.4, 0.5) is 5.69 Å². The third kappa shape index (κ3) is 4.14. The third-order valence-corrected chi connectivity index (χ3v) is 2.81. The third-order valence-electron chi connectivity index (χ3n) is 2.81. The van der Waals surface area contributed by atoms with E-state index in [9.17, 15) is 4.79 Å². The minimum absolute atomic E-state index is 0.319. The Labute approximate surface area is 113 Å². The van der Waals surface area contributed by atoms with Crippen LogP contribution in [0, 0.1) is 0 Å². The molecule has 0 aliphatic heterocycles. The number of carbonyl (C=O) groups excluding carboxylic acids is 1. The number of hydrogen-bond donors (Lipinski definition) is 1. The summed E-state index contributed by atoms with van der Waals surface area (Å²) >= 11 is 0. The highest BCUT2D eigenvalue weighted by Crippen LogP contribution is 2.08. The molecule has 0 aliphatic rings. The Morgan fingerprint density at radius 2 is 1.84 bits per heavy atom. The van der Waals surface area contributed by atoms with Crippen molar-refractivity contribution in [1.82, 2.24) is 0 Å². The second-order valence-electron chi connectivity index (χ2n) is 4.35. The summed E-state index contributed by atoms with van der Waals surface area (Å²) in [6.45, 7) is 0.419. The minimum atomic E-state index is -0.319. The van der Waals surface area contributed by atoms with Crippen LogP contribution in [0.3, 0.4) is 0 Å². The van der Waals surface area contributed by atoms with E-state index in [1.54, 1.807) is 24.3 Å². The topological polar surface area (TPSA) is 52.3 Å². The molecule has 3 nitrogen and oxygen atoms in total. The minimum Gasteiger partial charge on any atom is -0.462 e. The Morgan fingerprint density at radius 3 is 2.58 bits per heavy atom. The zero-order valence-electron chi connectivity index (χ0n) is 10.7. The van der Waals surface area contributed by atoms with Gasteiger partial charge in [-0.15, -0.1) is 0 Å². The molecule has 0 unspecified atom stereocenters. The van der Waals surface area contributed by atoms with Crippen molar-refractivity contribution in [1.29, 1.82) is 0 Å². The maximum atomic E-state index is 11.7. The highest BCUT2D eigenvalue weighted by atomic mass is 16.5. The van der Waals surface area contributed by atoms with Gasteiger partial charge in [-0.05, 0) is 36.6 Å². The van der Waals surface area contributed by atoms with Gasteiger partial charge in [0.2, 0.25) is 0 Å². The van der Waals surface area contributed by atoms with E-state index in [-0.39, 0.29) is 5.97 Å². The summed E-state index contributed by atoms with van der Waals surface area (Å²) in [5, 5.41) is 0. The van der Waals surface area contributed by atoms with E-state index in [1.807, 2.05) is 18.2 Å². The van der Waals surface area contributed by atoms with Crippen molar-refractivity contribution in [2.45, 2.75) is 12.8 Å². The Kier molecular flexibility index (Phi) is 4.56. The van der Waals surface area contributed by atoms with Crippen LogP contribution >= 0.6 is 0 Å². The molecule has 0 amide bonds. The molecule has 0 bridgehead atoms. The maximum absolute atomic E-state index is 11.7. The van der Waals surface area contributed by atoms with Gasteiger partial charge in [0.25, 0.3) is 0 Å². The number of carbonyl (C=O) groups is 1. The first-order valence-electron chi connectivity index (χ1n) is 6.32. The first-order valence-corrected chi connectivity index (χ1v) is 6.32. The molecule has 98 valence electrons. The lowest BCUT2D eigenvalue weighted by Crippen LogP contribution is -2.07. The average Bonchev–Trinajstić information content (AvgIpc) is 2.44. The van der Waals surface area contributed by atoms with Crippen LogP contribution in [0.5, 0.6) is 0 Å². The quantitative estimate of drug-likeness (QED) is 0.507. The predicted octanol–water partition coefficient (Wildman–Crippen LogP) is 3.06. The van der Waals surface area contributed by atoms with Crippen LogP contribution in [-0.2, 0) is 11.2 Å². The molecular weight excluding hydrogens is 238 g/mol. The van der Waals surface area contributed by atoms with E-state index in [0.29, 0.717) is 17.9 Å². The van der Waals surface area contributed by atoms with Crippen LogP contribution in [0.15, 0.2) is 54.6 Å². The van der Waals surface area contributed by atoms with E-state index in [1.165, 1.54) is 5.56 Å². The molecule has 0 radical (unpaired) electrons. The van der Waals surface area contributed by atoms with Crippen molar-refractivity contribution < 1.29 is 9.53 Å². The van der Waals surface area contributed by atoms with E-state index in [4.69, 9.17) is 10.5 Å². The highest BCUT2D eigenvalue weighted by molar-refractivity contribution is 5.90. The normalized spacial score (nSPS) is 10.1. The van der Waals surface area contributed by atoms with Crippen molar-refractivity contribution in [3.8, 4) is 0 Å². The van der Waals surface area contributed by atoms with E-state index >= 15 is 0 Å². The number of rotatable bonds is 5. The van der Waals surface area contributed by atoms with Crippen molar-refractivity contribution in [3.63, 3.8) is 0 Å². The van der Waals surface area contributed by atoms with Gasteiger partial charge in [0.1, 0.15) is 0 Å². The highest BCUT2D eigenvalue weighted by Gasteiger charge is 2.06. The maximum Gasteiger partial charge on any atom is 0.338 e. The summed E-state index contributed by atoms with van der Waals surface area (Å²) in [6, 6.07) is 17.0. The number of ether oxygens (including phenoxy) is 1. The van der Waals surface area contributed by atoms with Crippen molar-refractivity contribution >= 4 is 11.7 Å². The smallest absolute Gasteiger partial charge is 0.338 e. The molecule has 19 heavy (non-hydrogen) atoms. The lowest BCUT2D eigenvalue weighted by atomic mass is 10.1. The fourth-order valence-corrected chi connectivity index (χ4v) is 1.83. The zero-order valence-corrected chi connectivity index (χ0v) is 10.7. The number of aryl methyl sites for hydroxylation is 1. The SMILES string of the molecule is Nc1cccc(C(=O)OCCCc2ccccc2)c1. The van der Waals surface area contributed by atoms with E-state index in [2.05, 4.69) is 12.1 Å². The monoisotopic (exact) mass is 255 g/mol. The molecule has 0 saturated carbocycles. The van der Waals surface area contributed by atoms with Crippen LogP contribution in [0.25, 0.3) is 0 Å². The number of esters is 1. The summed E-state index contributed by atoms with van der Waals surface area (Å²) in [5.41, 5.74) is 7.94. The number of benzene rings is 2. The summed E-state index contributed by atoms with van der Waals surface area (Å²) in [4.78, 5) is 11.7. The zero-order chi connectivity index (χ0) is 13.5. The van der Waals surface area contributed by atoms with Crippen LogP contribution in [-0.4, -0.2) is 12.6 Å². The van der Waals surface area contributed by atoms with Crippen molar-refractivity contribution in [2.75, 3.05) is 12.3 Å². The fourth-order valence-electron chi connectivity index (χ4n) is 1.83. The predicted molar refractivity (Wildman–Crippen MR) is 75.9 cm³/mol. The molecule has 2 N–H and O–H groups in total. The molecule has 2 rings (SSSR count). The first-order chi connectivity index (χ1) is 9.25. The fraction of sp³-hybridized carbons (Fsp3) is 0.188. The van der Waals surface area contributed by atoms with Crippen molar-refractivity contribution in [3.05, 3.63) is 65.7 Å². The molecule has 2 aromatic carbocycles. The summed E-state index contributed by atoms with van der Waals surface area (Å²) in [6.07, 6.45) is 1.73. The average molecular weight is 255 g/mol. The lowest BCUT2D eigenvalue weighted by molar-refractivity contribution is 0.0500. The van der Waals surface area contributed by atoms with Crippen LogP contribution in [0.1, 0.15) is 22.3 Å². The molecule has 2 aromatic rings. The summed E-state index contributed by atoms with van der Waals surface area (Å²) < 4.78 is 5.21. The van der Waals surface area contributed by atoms with Crippen molar-refractivity contribution in [2.24, 2.45) is 0 Å². The Bertz CT molecular complexity index is 537.